The Morgan fingerprint density at radius 3 is 2.28 bits per heavy atom. The monoisotopic (exact) mass is 333 g/mol. The maximum absolute atomic E-state index is 9.94. The summed E-state index contributed by atoms with van der Waals surface area (Å²) in [6.45, 7) is 2.28. The Kier molecular flexibility index (Phi) is 6.14. The van der Waals surface area contributed by atoms with Gasteiger partial charge in [0.05, 0.1) is 11.5 Å². The number of unbranched alkanes of at least 4 members (excludes halogenated alkanes) is 2. The Morgan fingerprint density at radius 2 is 1.68 bits per heavy atom. The molecule has 1 saturated carbocycles. The van der Waals surface area contributed by atoms with E-state index in [1.807, 2.05) is 0 Å². The van der Waals surface area contributed by atoms with Crippen molar-refractivity contribution in [1.82, 2.24) is 0 Å². The topological polar surface area (TPSA) is 23.8 Å². The fraction of sp³-hybridized carbons (Fsp3) is 0.542. The van der Waals surface area contributed by atoms with Crippen LogP contribution < -0.4 is 0 Å². The highest BCUT2D eigenvalue weighted by atomic mass is 14.4. The lowest BCUT2D eigenvalue weighted by atomic mass is 9.65. The molecule has 1 fully saturated rings. The van der Waals surface area contributed by atoms with Crippen molar-refractivity contribution in [3.63, 3.8) is 0 Å². The van der Waals surface area contributed by atoms with Crippen LogP contribution in [-0.4, -0.2) is 0 Å². The summed E-state index contributed by atoms with van der Waals surface area (Å²) in [6.07, 6.45) is 19.4. The van der Waals surface area contributed by atoms with Crippen LogP contribution in [0.15, 0.2) is 54.6 Å². The second kappa shape index (κ2) is 8.52. The van der Waals surface area contributed by atoms with Crippen LogP contribution in [0.4, 0.5) is 0 Å². The van der Waals surface area contributed by atoms with Crippen LogP contribution in [0.1, 0.15) is 69.8 Å². The fourth-order valence-corrected chi connectivity index (χ4v) is 4.59. The number of rotatable bonds is 6. The molecule has 25 heavy (non-hydrogen) atoms. The van der Waals surface area contributed by atoms with Gasteiger partial charge in [0.25, 0.3) is 0 Å². The van der Waals surface area contributed by atoms with Gasteiger partial charge in [-0.15, -0.1) is 0 Å². The predicted octanol–water partition coefficient (Wildman–Crippen LogP) is 6.79. The maximum atomic E-state index is 9.94. The van der Waals surface area contributed by atoms with E-state index in [-0.39, 0.29) is 5.41 Å². The Hall–Kier alpha value is -1.81. The second-order valence-corrected chi connectivity index (χ2v) is 7.91. The molecule has 132 valence electrons. The van der Waals surface area contributed by atoms with Crippen LogP contribution >= 0.6 is 0 Å². The van der Waals surface area contributed by atoms with Gasteiger partial charge in [0.15, 0.2) is 0 Å². The quantitative estimate of drug-likeness (QED) is 0.415. The zero-order valence-electron chi connectivity index (χ0n) is 15.5. The van der Waals surface area contributed by atoms with Crippen molar-refractivity contribution in [2.24, 2.45) is 17.3 Å². The van der Waals surface area contributed by atoms with Gasteiger partial charge in [-0.3, -0.25) is 0 Å². The minimum atomic E-state index is -0.375. The van der Waals surface area contributed by atoms with Crippen molar-refractivity contribution in [2.75, 3.05) is 0 Å². The molecule has 0 atom stereocenters. The van der Waals surface area contributed by atoms with E-state index in [0.717, 1.165) is 5.92 Å². The number of hydrogen-bond donors (Lipinski definition) is 0. The van der Waals surface area contributed by atoms with E-state index >= 15 is 0 Å². The summed E-state index contributed by atoms with van der Waals surface area (Å²) in [5.74, 6) is 1.70. The summed E-state index contributed by atoms with van der Waals surface area (Å²) in [5.41, 5.74) is 0.931. The number of nitriles is 1. The van der Waals surface area contributed by atoms with E-state index in [1.165, 1.54) is 56.9 Å². The Balaban J connectivity index is 1.60. The zero-order valence-corrected chi connectivity index (χ0v) is 15.5. The average Bonchev–Trinajstić information content (AvgIpc) is 2.69. The van der Waals surface area contributed by atoms with E-state index in [2.05, 4.69) is 67.6 Å². The molecule has 0 bridgehead atoms. The molecule has 0 N–H and O–H groups in total. The summed E-state index contributed by atoms with van der Waals surface area (Å²) >= 11 is 0. The first-order chi connectivity index (χ1) is 12.3. The Bertz CT molecular complexity index is 612. The normalized spacial score (nSPS) is 31.6. The summed E-state index contributed by atoms with van der Waals surface area (Å²) < 4.78 is 0. The van der Waals surface area contributed by atoms with E-state index in [9.17, 15) is 5.26 Å². The second-order valence-electron chi connectivity index (χ2n) is 7.91. The highest BCUT2D eigenvalue weighted by Gasteiger charge is 2.38. The van der Waals surface area contributed by atoms with Crippen molar-refractivity contribution in [3.05, 3.63) is 60.2 Å². The highest BCUT2D eigenvalue weighted by molar-refractivity contribution is 5.38. The van der Waals surface area contributed by atoms with Crippen molar-refractivity contribution in [1.29, 1.82) is 5.26 Å². The number of benzene rings is 1. The largest absolute Gasteiger partial charge is 0.197 e. The van der Waals surface area contributed by atoms with Gasteiger partial charge >= 0.3 is 0 Å². The molecule has 1 nitrogen and oxygen atoms in total. The van der Waals surface area contributed by atoms with Crippen molar-refractivity contribution in [2.45, 2.75) is 64.2 Å². The highest BCUT2D eigenvalue weighted by Crippen LogP contribution is 2.45. The van der Waals surface area contributed by atoms with Crippen molar-refractivity contribution in [3.8, 4) is 6.07 Å². The molecule has 0 radical (unpaired) electrons. The molecule has 2 aliphatic carbocycles. The molecule has 0 amide bonds. The SMILES string of the molecule is CCCCC[C@H]1CC[C@H](C2(C#N)C=CC(c3ccccc3)C=C2)CC1. The van der Waals surface area contributed by atoms with E-state index in [1.54, 1.807) is 0 Å². The minimum absolute atomic E-state index is 0.313. The van der Waals surface area contributed by atoms with Gasteiger partial charge in [0.2, 0.25) is 0 Å². The first-order valence-corrected chi connectivity index (χ1v) is 10.1. The lowest BCUT2D eigenvalue weighted by Gasteiger charge is -2.38. The lowest BCUT2D eigenvalue weighted by Crippen LogP contribution is -2.30. The minimum Gasteiger partial charge on any atom is -0.197 e. The fourth-order valence-electron chi connectivity index (χ4n) is 4.59. The van der Waals surface area contributed by atoms with Gasteiger partial charge in [0.1, 0.15) is 0 Å². The maximum Gasteiger partial charge on any atom is 0.0962 e. The van der Waals surface area contributed by atoms with Crippen LogP contribution in [0, 0.1) is 28.6 Å². The third-order valence-corrected chi connectivity index (χ3v) is 6.28. The molecule has 3 rings (SSSR count). The summed E-state index contributed by atoms with van der Waals surface area (Å²) in [7, 11) is 0. The molecule has 1 aromatic carbocycles. The predicted molar refractivity (Wildman–Crippen MR) is 105 cm³/mol. The molecule has 0 aliphatic heterocycles. The molecule has 1 heteroatoms. The molecule has 0 spiro atoms. The molecular formula is C24H31N. The summed E-state index contributed by atoms with van der Waals surface area (Å²) in [4.78, 5) is 0. The lowest BCUT2D eigenvalue weighted by molar-refractivity contribution is 0.206. The number of hydrogen-bond acceptors (Lipinski definition) is 1. The van der Waals surface area contributed by atoms with Crippen LogP contribution in [0.2, 0.25) is 0 Å². The number of nitrogens with zero attached hydrogens (tertiary/aromatic N) is 1. The van der Waals surface area contributed by atoms with Crippen LogP contribution in [0.25, 0.3) is 0 Å². The third-order valence-electron chi connectivity index (χ3n) is 6.28. The summed E-state index contributed by atoms with van der Waals surface area (Å²) in [6, 6.07) is 13.2. The van der Waals surface area contributed by atoms with Gasteiger partial charge in [-0.1, -0.05) is 100 Å². The zero-order chi connectivity index (χ0) is 17.5. The van der Waals surface area contributed by atoms with E-state index in [0.29, 0.717) is 11.8 Å². The summed E-state index contributed by atoms with van der Waals surface area (Å²) in [5, 5.41) is 9.94. The molecule has 0 unspecified atom stereocenters. The average molecular weight is 334 g/mol. The van der Waals surface area contributed by atoms with E-state index < -0.39 is 0 Å². The Labute approximate surface area is 153 Å². The molecule has 0 saturated heterocycles. The molecule has 0 heterocycles. The van der Waals surface area contributed by atoms with Gasteiger partial charge in [-0.25, -0.2) is 0 Å². The van der Waals surface area contributed by atoms with Crippen LogP contribution in [0.5, 0.6) is 0 Å². The standard InChI is InChI=1S/C24H31N/c1-2-3-5-8-20-11-13-23(14-12-20)24(19-25)17-15-22(16-18-24)21-9-6-4-7-10-21/h4,6-7,9-10,15-18,20,22-23H,2-3,5,8,11-14H2,1H3/t20-,22?,23-,24?. The van der Waals surface area contributed by atoms with E-state index in [4.69, 9.17) is 0 Å². The molecule has 0 aromatic heterocycles. The third kappa shape index (κ3) is 4.24. The molecular weight excluding hydrogens is 302 g/mol. The molecule has 2 aliphatic rings. The molecule has 1 aromatic rings. The number of allylic oxidation sites excluding steroid dienone is 4. The first-order valence-electron chi connectivity index (χ1n) is 10.1. The van der Waals surface area contributed by atoms with Crippen molar-refractivity contribution >= 4 is 0 Å². The van der Waals surface area contributed by atoms with Crippen LogP contribution in [0.3, 0.4) is 0 Å². The van der Waals surface area contributed by atoms with Crippen molar-refractivity contribution < 1.29 is 0 Å². The van der Waals surface area contributed by atoms with Gasteiger partial charge < -0.3 is 0 Å². The van der Waals surface area contributed by atoms with Gasteiger partial charge in [0, 0.05) is 5.92 Å². The smallest absolute Gasteiger partial charge is 0.0962 e. The van der Waals surface area contributed by atoms with Gasteiger partial charge in [-0.05, 0) is 30.2 Å². The Morgan fingerprint density at radius 1 is 1.00 bits per heavy atom. The van der Waals surface area contributed by atoms with Gasteiger partial charge in [-0.2, -0.15) is 5.26 Å². The van der Waals surface area contributed by atoms with Crippen LogP contribution in [-0.2, 0) is 0 Å². The first kappa shape index (κ1) is 18.0.